The maximum Gasteiger partial charge on any atom is 0.241 e. The van der Waals surface area contributed by atoms with Crippen LogP contribution in [-0.4, -0.2) is 31.7 Å². The number of hydrogen-bond donors (Lipinski definition) is 1. The summed E-state index contributed by atoms with van der Waals surface area (Å²) in [5, 5.41) is 7.70. The van der Waals surface area contributed by atoms with Gasteiger partial charge in [-0.05, 0) is 25.0 Å². The van der Waals surface area contributed by atoms with Gasteiger partial charge < -0.3 is 5.32 Å². The molecular formula is C21H23N5O. The van der Waals surface area contributed by atoms with E-state index in [1.807, 2.05) is 36.5 Å². The molecule has 0 spiro atoms. The summed E-state index contributed by atoms with van der Waals surface area (Å²) in [4.78, 5) is 20.7. The van der Waals surface area contributed by atoms with Crippen LogP contribution >= 0.6 is 0 Å². The van der Waals surface area contributed by atoms with Gasteiger partial charge in [0.2, 0.25) is 5.91 Å². The highest BCUT2D eigenvalue weighted by atomic mass is 16.2. The first-order valence-electron chi connectivity index (χ1n) is 9.47. The monoisotopic (exact) mass is 361 g/mol. The molecule has 0 atom stereocenters. The van der Waals surface area contributed by atoms with E-state index >= 15 is 0 Å². The molecule has 1 aliphatic carbocycles. The lowest BCUT2D eigenvalue weighted by molar-refractivity contribution is -0.122. The van der Waals surface area contributed by atoms with Gasteiger partial charge in [-0.15, -0.1) is 0 Å². The summed E-state index contributed by atoms with van der Waals surface area (Å²) in [6, 6.07) is 10.3. The summed E-state index contributed by atoms with van der Waals surface area (Å²) >= 11 is 0. The van der Waals surface area contributed by atoms with Crippen LogP contribution in [0.3, 0.4) is 0 Å². The quantitative estimate of drug-likeness (QED) is 0.755. The number of amides is 1. The third-order valence-corrected chi connectivity index (χ3v) is 4.93. The van der Waals surface area contributed by atoms with E-state index in [4.69, 9.17) is 0 Å². The molecule has 4 rings (SSSR count). The Labute approximate surface area is 158 Å². The molecule has 0 aliphatic heterocycles. The van der Waals surface area contributed by atoms with Crippen LogP contribution in [-0.2, 0) is 11.3 Å². The van der Waals surface area contributed by atoms with E-state index < -0.39 is 0 Å². The highest BCUT2D eigenvalue weighted by Crippen LogP contribution is 2.23. The van der Waals surface area contributed by atoms with Gasteiger partial charge in [-0.1, -0.05) is 37.5 Å². The maximum atomic E-state index is 12.3. The van der Waals surface area contributed by atoms with Crippen molar-refractivity contribution in [2.45, 2.75) is 44.7 Å². The van der Waals surface area contributed by atoms with Crippen molar-refractivity contribution in [3.63, 3.8) is 0 Å². The van der Waals surface area contributed by atoms with Crippen molar-refractivity contribution >= 4 is 5.91 Å². The summed E-state index contributed by atoms with van der Waals surface area (Å²) in [6.45, 7) is 0.250. The van der Waals surface area contributed by atoms with Crippen LogP contribution in [0.1, 0.15) is 32.1 Å². The van der Waals surface area contributed by atoms with E-state index in [1.54, 1.807) is 23.3 Å². The zero-order chi connectivity index (χ0) is 18.5. The fourth-order valence-corrected chi connectivity index (χ4v) is 3.56. The molecule has 1 N–H and O–H groups in total. The van der Waals surface area contributed by atoms with Crippen LogP contribution in [0.2, 0.25) is 0 Å². The lowest BCUT2D eigenvalue weighted by Gasteiger charge is -2.22. The second kappa shape index (κ2) is 8.12. The summed E-state index contributed by atoms with van der Waals surface area (Å²) < 4.78 is 1.70. The fraction of sp³-hybridized carbons (Fsp3) is 0.333. The fourth-order valence-electron chi connectivity index (χ4n) is 3.56. The molecule has 2 heterocycles. The van der Waals surface area contributed by atoms with E-state index in [-0.39, 0.29) is 12.5 Å². The summed E-state index contributed by atoms with van der Waals surface area (Å²) in [6.07, 6.45) is 12.8. The van der Waals surface area contributed by atoms with Gasteiger partial charge in [0, 0.05) is 35.8 Å². The van der Waals surface area contributed by atoms with Crippen LogP contribution in [0.15, 0.2) is 55.1 Å². The van der Waals surface area contributed by atoms with E-state index in [2.05, 4.69) is 20.4 Å². The van der Waals surface area contributed by atoms with Crippen LogP contribution in [0.5, 0.6) is 0 Å². The molecule has 6 nitrogen and oxygen atoms in total. The molecule has 0 unspecified atom stereocenters. The Bertz CT molecular complexity index is 900. The van der Waals surface area contributed by atoms with Gasteiger partial charge in [0.1, 0.15) is 6.54 Å². The average Bonchev–Trinajstić information content (AvgIpc) is 3.18. The van der Waals surface area contributed by atoms with E-state index in [1.165, 1.54) is 19.3 Å². The molecule has 138 valence electrons. The first-order chi connectivity index (χ1) is 13.3. The van der Waals surface area contributed by atoms with Crippen LogP contribution in [0.4, 0.5) is 0 Å². The zero-order valence-electron chi connectivity index (χ0n) is 15.2. The molecule has 1 amide bonds. The van der Waals surface area contributed by atoms with Gasteiger partial charge in [-0.2, -0.15) is 5.10 Å². The zero-order valence-corrected chi connectivity index (χ0v) is 15.2. The number of hydrogen-bond acceptors (Lipinski definition) is 4. The SMILES string of the molecule is O=C(Cn1ccc(-c2cccc(-c3cnccn3)c2)n1)NC1CCCCC1. The summed E-state index contributed by atoms with van der Waals surface area (Å²) in [7, 11) is 0. The van der Waals surface area contributed by atoms with E-state index in [0.717, 1.165) is 35.4 Å². The van der Waals surface area contributed by atoms with Gasteiger partial charge in [-0.25, -0.2) is 0 Å². The minimum atomic E-state index is 0.0323. The van der Waals surface area contributed by atoms with Crippen molar-refractivity contribution in [2.24, 2.45) is 0 Å². The summed E-state index contributed by atoms with van der Waals surface area (Å²) in [5.41, 5.74) is 3.65. The lowest BCUT2D eigenvalue weighted by Crippen LogP contribution is -2.38. The molecule has 0 radical (unpaired) electrons. The van der Waals surface area contributed by atoms with Crippen LogP contribution in [0.25, 0.3) is 22.5 Å². The van der Waals surface area contributed by atoms with Gasteiger partial charge in [0.05, 0.1) is 17.6 Å². The molecule has 1 fully saturated rings. The Kier molecular flexibility index (Phi) is 5.23. The second-order valence-electron chi connectivity index (χ2n) is 6.97. The number of carbonyl (C=O) groups excluding carboxylic acids is 1. The first-order valence-corrected chi connectivity index (χ1v) is 9.47. The second-order valence-corrected chi connectivity index (χ2v) is 6.97. The molecule has 0 saturated heterocycles. The lowest BCUT2D eigenvalue weighted by atomic mass is 9.95. The number of nitrogens with one attached hydrogen (secondary N) is 1. The molecule has 1 aromatic carbocycles. The molecule has 27 heavy (non-hydrogen) atoms. The highest BCUT2D eigenvalue weighted by molar-refractivity contribution is 5.76. The number of aromatic nitrogens is 4. The average molecular weight is 361 g/mol. The number of rotatable bonds is 5. The van der Waals surface area contributed by atoms with Crippen molar-refractivity contribution in [1.82, 2.24) is 25.1 Å². The van der Waals surface area contributed by atoms with Crippen molar-refractivity contribution in [3.8, 4) is 22.5 Å². The third kappa shape index (κ3) is 4.39. The minimum Gasteiger partial charge on any atom is -0.352 e. The number of benzene rings is 1. The highest BCUT2D eigenvalue weighted by Gasteiger charge is 2.16. The topological polar surface area (TPSA) is 72.7 Å². The largest absolute Gasteiger partial charge is 0.352 e. The van der Waals surface area contributed by atoms with Gasteiger partial charge in [0.15, 0.2) is 0 Å². The predicted octanol–water partition coefficient (Wildman–Crippen LogP) is 3.46. The summed E-state index contributed by atoms with van der Waals surface area (Å²) in [5.74, 6) is 0.0323. The smallest absolute Gasteiger partial charge is 0.241 e. The molecule has 6 heteroatoms. The molecule has 2 aromatic heterocycles. The predicted molar refractivity (Wildman–Crippen MR) is 104 cm³/mol. The maximum absolute atomic E-state index is 12.3. The van der Waals surface area contributed by atoms with Gasteiger partial charge in [-0.3, -0.25) is 19.4 Å². The van der Waals surface area contributed by atoms with Gasteiger partial charge in [0.25, 0.3) is 0 Å². The normalized spacial score (nSPS) is 14.8. The van der Waals surface area contributed by atoms with Crippen molar-refractivity contribution in [1.29, 1.82) is 0 Å². The third-order valence-electron chi connectivity index (χ3n) is 4.93. The van der Waals surface area contributed by atoms with Gasteiger partial charge >= 0.3 is 0 Å². The molecule has 0 bridgehead atoms. The van der Waals surface area contributed by atoms with Crippen molar-refractivity contribution in [3.05, 3.63) is 55.1 Å². The molecular weight excluding hydrogens is 338 g/mol. The van der Waals surface area contributed by atoms with Crippen LogP contribution < -0.4 is 5.32 Å². The number of nitrogens with zero attached hydrogens (tertiary/aromatic N) is 4. The number of carbonyl (C=O) groups is 1. The van der Waals surface area contributed by atoms with Crippen LogP contribution in [0, 0.1) is 0 Å². The van der Waals surface area contributed by atoms with E-state index in [9.17, 15) is 4.79 Å². The molecule has 3 aromatic rings. The first kappa shape index (κ1) is 17.4. The Morgan fingerprint density at radius 2 is 1.89 bits per heavy atom. The Morgan fingerprint density at radius 1 is 1.07 bits per heavy atom. The Morgan fingerprint density at radius 3 is 2.67 bits per heavy atom. The molecule has 1 aliphatic rings. The Hall–Kier alpha value is -3.02. The van der Waals surface area contributed by atoms with Crippen molar-refractivity contribution in [2.75, 3.05) is 0 Å². The van der Waals surface area contributed by atoms with Crippen molar-refractivity contribution < 1.29 is 4.79 Å². The van der Waals surface area contributed by atoms with E-state index in [0.29, 0.717) is 6.04 Å². The standard InChI is InChI=1S/C21H23N5O/c27-21(24-18-7-2-1-3-8-18)15-26-12-9-19(25-26)16-5-4-6-17(13-16)20-14-22-10-11-23-20/h4-6,9-14,18H,1-3,7-8,15H2,(H,24,27). The minimum absolute atomic E-state index is 0.0323. The Balaban J connectivity index is 1.44. The molecule has 1 saturated carbocycles.